The van der Waals surface area contributed by atoms with Crippen LogP contribution in [0.5, 0.6) is 5.88 Å². The van der Waals surface area contributed by atoms with Crippen LogP contribution in [0.15, 0.2) is 41.2 Å². The summed E-state index contributed by atoms with van der Waals surface area (Å²) in [5.41, 5.74) is 0.918. The molecule has 18 heavy (non-hydrogen) atoms. The molecule has 4 nitrogen and oxygen atoms in total. The van der Waals surface area contributed by atoms with Gasteiger partial charge in [0.25, 0.3) is 5.56 Å². The molecule has 0 saturated heterocycles. The van der Waals surface area contributed by atoms with Gasteiger partial charge in [-0.15, -0.1) is 0 Å². The molecular weight excluding hydrogens is 228 g/mol. The molecule has 0 radical (unpaired) electrons. The first-order valence-electron chi connectivity index (χ1n) is 5.62. The summed E-state index contributed by atoms with van der Waals surface area (Å²) >= 11 is 0. The van der Waals surface area contributed by atoms with E-state index in [0.717, 1.165) is 4.57 Å². The summed E-state index contributed by atoms with van der Waals surface area (Å²) in [5, 5.41) is 19.1. The molecule has 2 aromatic rings. The minimum atomic E-state index is -0.338. The average molecular weight is 240 g/mol. The highest BCUT2D eigenvalue weighted by atomic mass is 16.3. The van der Waals surface area contributed by atoms with Crippen LogP contribution in [-0.4, -0.2) is 9.67 Å². The van der Waals surface area contributed by atoms with Crippen molar-refractivity contribution in [1.29, 1.82) is 5.26 Å². The number of hydrogen-bond acceptors (Lipinski definition) is 3. The van der Waals surface area contributed by atoms with Gasteiger partial charge in [-0.1, -0.05) is 25.1 Å². The average Bonchev–Trinajstić information content (AvgIpc) is 2.39. The van der Waals surface area contributed by atoms with Gasteiger partial charge in [-0.2, -0.15) is 5.26 Å². The van der Waals surface area contributed by atoms with Gasteiger partial charge >= 0.3 is 0 Å². The Morgan fingerprint density at radius 2 is 2.00 bits per heavy atom. The third kappa shape index (κ3) is 1.87. The topological polar surface area (TPSA) is 66.0 Å². The molecule has 0 unspecified atom stereocenters. The molecule has 90 valence electrons. The zero-order valence-electron chi connectivity index (χ0n) is 9.92. The highest BCUT2D eigenvalue weighted by molar-refractivity contribution is 5.49. The second kappa shape index (κ2) is 4.76. The lowest BCUT2D eigenvalue weighted by atomic mass is 10.1. The number of aryl methyl sites for hydroxylation is 1. The Bertz CT molecular complexity index is 667. The van der Waals surface area contributed by atoms with Crippen LogP contribution in [0, 0.1) is 11.3 Å². The molecule has 1 heterocycles. The van der Waals surface area contributed by atoms with E-state index in [1.165, 1.54) is 6.07 Å². The van der Waals surface area contributed by atoms with Gasteiger partial charge in [0.15, 0.2) is 0 Å². The Hall–Kier alpha value is -2.54. The highest BCUT2D eigenvalue weighted by Gasteiger charge is 2.14. The van der Waals surface area contributed by atoms with Crippen molar-refractivity contribution in [1.82, 2.24) is 4.57 Å². The van der Waals surface area contributed by atoms with E-state index in [2.05, 4.69) is 0 Å². The molecule has 2 rings (SSSR count). The van der Waals surface area contributed by atoms with Gasteiger partial charge in [0.2, 0.25) is 5.88 Å². The first-order chi connectivity index (χ1) is 8.69. The number of hydrogen-bond donors (Lipinski definition) is 1. The summed E-state index contributed by atoms with van der Waals surface area (Å²) in [6.07, 6.45) is 0.529. The standard InChI is InChI=1S/C14H12N2O2/c1-2-10-8-13(17)16(14(18)12(10)9-15)11-6-4-3-5-7-11/h3-8,18H,2H2,1H3. The van der Waals surface area contributed by atoms with Gasteiger partial charge in [-0.05, 0) is 24.1 Å². The van der Waals surface area contributed by atoms with Gasteiger partial charge in [-0.25, -0.2) is 4.57 Å². The second-order valence-corrected chi connectivity index (χ2v) is 3.84. The lowest BCUT2D eigenvalue weighted by Crippen LogP contribution is -2.19. The lowest BCUT2D eigenvalue weighted by Gasteiger charge is -2.11. The van der Waals surface area contributed by atoms with Crippen LogP contribution < -0.4 is 5.56 Å². The number of aromatic hydroxyl groups is 1. The predicted molar refractivity (Wildman–Crippen MR) is 67.8 cm³/mol. The number of pyridine rings is 1. The fraction of sp³-hybridized carbons (Fsp3) is 0.143. The molecular formula is C14H12N2O2. The lowest BCUT2D eigenvalue weighted by molar-refractivity contribution is 0.432. The number of benzene rings is 1. The summed E-state index contributed by atoms with van der Waals surface area (Å²) in [4.78, 5) is 12.0. The van der Waals surface area contributed by atoms with Crippen molar-refractivity contribution in [3.8, 4) is 17.6 Å². The molecule has 1 N–H and O–H groups in total. The van der Waals surface area contributed by atoms with Crippen molar-refractivity contribution in [2.24, 2.45) is 0 Å². The molecule has 0 fully saturated rings. The largest absolute Gasteiger partial charge is 0.493 e. The summed E-state index contributed by atoms with van der Waals surface area (Å²) in [6.45, 7) is 1.84. The minimum Gasteiger partial charge on any atom is -0.493 e. The zero-order valence-corrected chi connectivity index (χ0v) is 9.92. The number of nitriles is 1. The van der Waals surface area contributed by atoms with E-state index in [-0.39, 0.29) is 17.0 Å². The van der Waals surface area contributed by atoms with Gasteiger partial charge < -0.3 is 5.11 Å². The fourth-order valence-electron chi connectivity index (χ4n) is 1.87. The van der Waals surface area contributed by atoms with E-state index in [9.17, 15) is 9.90 Å². The van der Waals surface area contributed by atoms with E-state index < -0.39 is 0 Å². The van der Waals surface area contributed by atoms with E-state index >= 15 is 0 Å². The first-order valence-corrected chi connectivity index (χ1v) is 5.62. The Labute approximate surface area is 104 Å². The molecule has 0 spiro atoms. The van der Waals surface area contributed by atoms with E-state index in [1.54, 1.807) is 24.3 Å². The van der Waals surface area contributed by atoms with Crippen molar-refractivity contribution in [3.05, 3.63) is 57.9 Å². The number of nitrogens with zero attached hydrogens (tertiary/aromatic N) is 2. The summed E-state index contributed by atoms with van der Waals surface area (Å²) in [5.74, 6) is -0.298. The number of aromatic nitrogens is 1. The van der Waals surface area contributed by atoms with Crippen molar-refractivity contribution < 1.29 is 5.11 Å². The van der Waals surface area contributed by atoms with E-state index in [4.69, 9.17) is 5.26 Å². The van der Waals surface area contributed by atoms with Gasteiger partial charge in [-0.3, -0.25) is 4.79 Å². The maximum atomic E-state index is 12.0. The Morgan fingerprint density at radius 3 is 2.56 bits per heavy atom. The number of para-hydroxylation sites is 1. The summed E-state index contributed by atoms with van der Waals surface area (Å²) in [6, 6.07) is 12.1. The van der Waals surface area contributed by atoms with Crippen LogP contribution in [0.1, 0.15) is 18.1 Å². The third-order valence-corrected chi connectivity index (χ3v) is 2.78. The zero-order chi connectivity index (χ0) is 13.1. The molecule has 0 aliphatic carbocycles. The SMILES string of the molecule is CCc1cc(=O)n(-c2ccccc2)c(O)c1C#N. The molecule has 0 amide bonds. The molecule has 0 bridgehead atoms. The molecule has 0 aliphatic heterocycles. The molecule has 0 saturated carbocycles. The van der Waals surface area contributed by atoms with Crippen LogP contribution in [-0.2, 0) is 6.42 Å². The van der Waals surface area contributed by atoms with Crippen LogP contribution in [0.2, 0.25) is 0 Å². The fourth-order valence-corrected chi connectivity index (χ4v) is 1.87. The summed E-state index contributed by atoms with van der Waals surface area (Å²) < 4.78 is 1.14. The maximum Gasteiger partial charge on any atom is 0.258 e. The monoisotopic (exact) mass is 240 g/mol. The third-order valence-electron chi connectivity index (χ3n) is 2.78. The molecule has 1 aromatic heterocycles. The Balaban J connectivity index is 2.79. The second-order valence-electron chi connectivity index (χ2n) is 3.84. The van der Waals surface area contributed by atoms with Crippen molar-refractivity contribution in [2.75, 3.05) is 0 Å². The van der Waals surface area contributed by atoms with Gasteiger partial charge in [0.05, 0.1) is 5.69 Å². The van der Waals surface area contributed by atoms with E-state index in [0.29, 0.717) is 17.7 Å². The quantitative estimate of drug-likeness (QED) is 0.872. The Morgan fingerprint density at radius 1 is 1.33 bits per heavy atom. The van der Waals surface area contributed by atoms with Crippen LogP contribution in [0.25, 0.3) is 5.69 Å². The van der Waals surface area contributed by atoms with E-state index in [1.807, 2.05) is 19.1 Å². The minimum absolute atomic E-state index is 0.154. The Kier molecular flexibility index (Phi) is 3.16. The van der Waals surface area contributed by atoms with Gasteiger partial charge in [0, 0.05) is 6.07 Å². The normalized spacial score (nSPS) is 10.0. The molecule has 0 aliphatic rings. The van der Waals surface area contributed by atoms with Crippen LogP contribution in [0.3, 0.4) is 0 Å². The molecule has 4 heteroatoms. The van der Waals surface area contributed by atoms with Crippen molar-refractivity contribution in [2.45, 2.75) is 13.3 Å². The summed E-state index contributed by atoms with van der Waals surface area (Å²) in [7, 11) is 0. The van der Waals surface area contributed by atoms with Crippen LogP contribution >= 0.6 is 0 Å². The molecule has 1 aromatic carbocycles. The van der Waals surface area contributed by atoms with Crippen molar-refractivity contribution >= 4 is 0 Å². The highest BCUT2D eigenvalue weighted by Crippen LogP contribution is 2.21. The van der Waals surface area contributed by atoms with Crippen molar-refractivity contribution in [3.63, 3.8) is 0 Å². The maximum absolute atomic E-state index is 12.0. The van der Waals surface area contributed by atoms with Gasteiger partial charge in [0.1, 0.15) is 11.6 Å². The van der Waals surface area contributed by atoms with Crippen LogP contribution in [0.4, 0.5) is 0 Å². The first kappa shape index (κ1) is 11.9. The molecule has 0 atom stereocenters. The smallest absolute Gasteiger partial charge is 0.258 e. The number of rotatable bonds is 2. The predicted octanol–water partition coefficient (Wildman–Crippen LogP) is 1.98.